The number of rotatable bonds is 3. The van der Waals surface area contributed by atoms with Crippen LogP contribution >= 0.6 is 11.6 Å². The van der Waals surface area contributed by atoms with Crippen molar-refractivity contribution >= 4 is 21.6 Å². The van der Waals surface area contributed by atoms with Gasteiger partial charge < -0.3 is 5.11 Å². The summed E-state index contributed by atoms with van der Waals surface area (Å²) in [6.07, 6.45) is 1.32. The van der Waals surface area contributed by atoms with E-state index < -0.39 is 21.4 Å². The molecule has 1 aliphatic rings. The molecule has 0 amide bonds. The molecule has 1 aromatic carbocycles. The van der Waals surface area contributed by atoms with Crippen LogP contribution in [0.25, 0.3) is 0 Å². The zero-order valence-electron chi connectivity index (χ0n) is 11.3. The number of halogens is 2. The van der Waals surface area contributed by atoms with Gasteiger partial charge in [-0.15, -0.1) is 0 Å². The minimum atomic E-state index is -3.92. The number of hydrogen-bond acceptors (Lipinski definition) is 4. The Hall–Kier alpha value is -1.54. The maximum absolute atomic E-state index is 13.8. The Bertz CT molecular complexity index is 822. The molecule has 1 fully saturated rings. The van der Waals surface area contributed by atoms with Crippen molar-refractivity contribution in [2.24, 2.45) is 0 Å². The first kappa shape index (κ1) is 15.4. The molecule has 0 spiro atoms. The smallest absolute Gasteiger partial charge is 0.262 e. The number of benzene rings is 1. The molecule has 0 radical (unpaired) electrons. The first-order chi connectivity index (χ1) is 10.3. The molecule has 1 aliphatic heterocycles. The van der Waals surface area contributed by atoms with Gasteiger partial charge in [0, 0.05) is 24.8 Å². The molecule has 1 N–H and O–H groups in total. The Morgan fingerprint density at radius 1 is 1.23 bits per heavy atom. The minimum Gasteiger partial charge on any atom is -0.382 e. The summed E-state index contributed by atoms with van der Waals surface area (Å²) in [4.78, 5) is 3.77. The predicted molar refractivity (Wildman–Crippen MR) is 78.3 cm³/mol. The summed E-state index contributed by atoms with van der Waals surface area (Å²) >= 11 is 5.86. The van der Waals surface area contributed by atoms with Crippen molar-refractivity contribution in [3.8, 4) is 0 Å². The molecule has 0 unspecified atom stereocenters. The quantitative estimate of drug-likeness (QED) is 0.922. The number of aliphatic hydroxyl groups is 1. The van der Waals surface area contributed by atoms with E-state index >= 15 is 0 Å². The van der Waals surface area contributed by atoms with Gasteiger partial charge in [-0.3, -0.25) is 0 Å². The second-order valence-electron chi connectivity index (χ2n) is 5.07. The highest BCUT2D eigenvalue weighted by Crippen LogP contribution is 2.37. The molecule has 5 nitrogen and oxygen atoms in total. The monoisotopic (exact) mass is 342 g/mol. The molecule has 8 heteroatoms. The van der Waals surface area contributed by atoms with Crippen molar-refractivity contribution in [3.05, 3.63) is 59.0 Å². The lowest BCUT2D eigenvalue weighted by atomic mass is 9.88. The van der Waals surface area contributed by atoms with E-state index in [4.69, 9.17) is 11.6 Å². The molecule has 1 saturated heterocycles. The van der Waals surface area contributed by atoms with Crippen molar-refractivity contribution in [3.63, 3.8) is 0 Å². The average Bonchev–Trinajstić information content (AvgIpc) is 2.44. The van der Waals surface area contributed by atoms with E-state index in [1.807, 2.05) is 0 Å². The maximum Gasteiger partial charge on any atom is 0.262 e. The van der Waals surface area contributed by atoms with Gasteiger partial charge in [0.2, 0.25) is 0 Å². The summed E-state index contributed by atoms with van der Waals surface area (Å²) < 4.78 is 39.6. The third-order valence-corrected chi connectivity index (χ3v) is 5.73. The zero-order chi connectivity index (χ0) is 16.0. The lowest BCUT2D eigenvalue weighted by Crippen LogP contribution is -2.61. The highest BCUT2D eigenvalue weighted by atomic mass is 35.5. The number of sulfonamides is 1. The highest BCUT2D eigenvalue weighted by molar-refractivity contribution is 7.89. The molecule has 0 atom stereocenters. The van der Waals surface area contributed by atoms with E-state index in [-0.39, 0.29) is 28.7 Å². The van der Waals surface area contributed by atoms with Crippen LogP contribution in [0.2, 0.25) is 5.02 Å². The predicted octanol–water partition coefficient (Wildman–Crippen LogP) is 1.77. The van der Waals surface area contributed by atoms with Gasteiger partial charge in [0.05, 0.1) is 5.02 Å². The summed E-state index contributed by atoms with van der Waals surface area (Å²) in [5, 5.41) is 10.1. The van der Waals surface area contributed by atoms with Crippen molar-refractivity contribution < 1.29 is 17.9 Å². The number of β-amino-alcohol motifs (C(OH)–C–C–N with tert-alkyl or cyclic N) is 1. The van der Waals surface area contributed by atoms with Crippen LogP contribution in [0.4, 0.5) is 4.39 Å². The molecule has 1 aromatic heterocycles. The Labute approximate surface area is 132 Å². The van der Waals surface area contributed by atoms with E-state index in [0.29, 0.717) is 0 Å². The van der Waals surface area contributed by atoms with Gasteiger partial charge in [0.25, 0.3) is 10.0 Å². The third-order valence-electron chi connectivity index (χ3n) is 3.56. The van der Waals surface area contributed by atoms with E-state index in [1.54, 1.807) is 6.07 Å². The summed E-state index contributed by atoms with van der Waals surface area (Å²) in [7, 11) is -3.92. The topological polar surface area (TPSA) is 70.5 Å². The third kappa shape index (κ3) is 2.40. The van der Waals surface area contributed by atoms with E-state index in [9.17, 15) is 17.9 Å². The van der Waals surface area contributed by atoms with Gasteiger partial charge in [0.15, 0.2) is 5.03 Å². The lowest BCUT2D eigenvalue weighted by Gasteiger charge is -2.45. The fourth-order valence-corrected chi connectivity index (χ4v) is 4.33. The van der Waals surface area contributed by atoms with Gasteiger partial charge in [-0.2, -0.15) is 4.31 Å². The SMILES string of the molecule is O=S(=O)(c1ncccc1Cl)N1CC(O)(c2ccccc2F)C1. The normalized spacial score (nSPS) is 18.0. The maximum atomic E-state index is 13.8. The van der Waals surface area contributed by atoms with Crippen LogP contribution in [0.15, 0.2) is 47.6 Å². The second-order valence-corrected chi connectivity index (χ2v) is 7.34. The lowest BCUT2D eigenvalue weighted by molar-refractivity contribution is -0.0673. The first-order valence-corrected chi connectivity index (χ1v) is 8.24. The average molecular weight is 343 g/mol. The van der Waals surface area contributed by atoms with Gasteiger partial charge >= 0.3 is 0 Å². The zero-order valence-corrected chi connectivity index (χ0v) is 12.9. The standard InChI is InChI=1S/C14H12ClFN2O3S/c15-11-5-3-7-17-13(11)22(20,21)18-8-14(19,9-18)10-4-1-2-6-12(10)16/h1-7,19H,8-9H2. The number of pyridine rings is 1. The number of hydrogen-bond donors (Lipinski definition) is 1. The molecule has 116 valence electrons. The van der Waals surface area contributed by atoms with Crippen molar-refractivity contribution in [1.29, 1.82) is 0 Å². The summed E-state index contributed by atoms with van der Waals surface area (Å²) in [6.45, 7) is -0.494. The molecule has 3 rings (SSSR count). The van der Waals surface area contributed by atoms with E-state index in [0.717, 1.165) is 4.31 Å². The molecular formula is C14H12ClFN2O3S. The van der Waals surface area contributed by atoms with Crippen LogP contribution in [-0.2, 0) is 15.6 Å². The van der Waals surface area contributed by atoms with Gasteiger partial charge in [-0.1, -0.05) is 29.8 Å². The van der Waals surface area contributed by atoms with Crippen molar-refractivity contribution in [1.82, 2.24) is 9.29 Å². The first-order valence-electron chi connectivity index (χ1n) is 6.43. The van der Waals surface area contributed by atoms with E-state index in [2.05, 4.69) is 4.98 Å². The largest absolute Gasteiger partial charge is 0.382 e. The van der Waals surface area contributed by atoms with Crippen LogP contribution in [0.1, 0.15) is 5.56 Å². The van der Waals surface area contributed by atoms with E-state index in [1.165, 1.54) is 36.5 Å². The second kappa shape index (κ2) is 5.27. The molecule has 0 aliphatic carbocycles. The van der Waals surface area contributed by atoms with Crippen LogP contribution in [-0.4, -0.2) is 35.9 Å². The number of nitrogens with zero attached hydrogens (tertiary/aromatic N) is 2. The van der Waals surface area contributed by atoms with Crippen LogP contribution in [0, 0.1) is 5.82 Å². The van der Waals surface area contributed by atoms with Gasteiger partial charge in [0.1, 0.15) is 11.4 Å². The van der Waals surface area contributed by atoms with Gasteiger partial charge in [-0.05, 0) is 18.2 Å². The molecule has 22 heavy (non-hydrogen) atoms. The molecule has 0 bridgehead atoms. The molecule has 2 heterocycles. The van der Waals surface area contributed by atoms with Crippen molar-refractivity contribution in [2.45, 2.75) is 10.6 Å². The van der Waals surface area contributed by atoms with Crippen LogP contribution in [0.3, 0.4) is 0 Å². The number of aromatic nitrogens is 1. The fourth-order valence-electron chi connectivity index (χ4n) is 2.40. The molecular weight excluding hydrogens is 331 g/mol. The van der Waals surface area contributed by atoms with Crippen LogP contribution in [0.5, 0.6) is 0 Å². The Morgan fingerprint density at radius 3 is 2.55 bits per heavy atom. The van der Waals surface area contributed by atoms with Crippen molar-refractivity contribution in [2.75, 3.05) is 13.1 Å². The van der Waals surface area contributed by atoms with Gasteiger partial charge in [-0.25, -0.2) is 17.8 Å². The Kier molecular flexibility index (Phi) is 3.68. The Balaban J connectivity index is 1.87. The summed E-state index contributed by atoms with van der Waals surface area (Å²) in [5.74, 6) is -0.571. The molecule has 2 aromatic rings. The summed E-state index contributed by atoms with van der Waals surface area (Å²) in [5.41, 5.74) is -1.46. The Morgan fingerprint density at radius 2 is 1.91 bits per heavy atom. The minimum absolute atomic E-state index is 0.00355. The fraction of sp³-hybridized carbons (Fsp3) is 0.214. The van der Waals surface area contributed by atoms with Crippen LogP contribution < -0.4 is 0 Å². The summed E-state index contributed by atoms with van der Waals surface area (Å²) in [6, 6.07) is 8.69. The molecule has 0 saturated carbocycles. The highest BCUT2D eigenvalue weighted by Gasteiger charge is 2.50.